The van der Waals surface area contributed by atoms with Gasteiger partial charge in [-0.15, -0.1) is 0 Å². The first kappa shape index (κ1) is 15.7. The minimum atomic E-state index is -0.143. The quantitative estimate of drug-likeness (QED) is 0.797. The summed E-state index contributed by atoms with van der Waals surface area (Å²) in [5.74, 6) is 0.0773. The predicted octanol–water partition coefficient (Wildman–Crippen LogP) is 4.05. The number of aromatic nitrogens is 1. The Hall–Kier alpha value is -0.700. The van der Waals surface area contributed by atoms with Crippen molar-refractivity contribution in [2.24, 2.45) is 0 Å². The van der Waals surface area contributed by atoms with Gasteiger partial charge in [0, 0.05) is 4.47 Å². The molecule has 0 spiro atoms. The Kier molecular flexibility index (Phi) is 5.76. The van der Waals surface area contributed by atoms with Gasteiger partial charge in [0.2, 0.25) is 10.3 Å². The van der Waals surface area contributed by atoms with E-state index in [0.717, 1.165) is 14.7 Å². The predicted molar refractivity (Wildman–Crippen MR) is 92.6 cm³/mol. The molecule has 1 aromatic carbocycles. The Labute approximate surface area is 138 Å². The average molecular weight is 391 g/mol. The lowest BCUT2D eigenvalue weighted by molar-refractivity contribution is -0.113. The fourth-order valence-corrected chi connectivity index (χ4v) is 3.64. The molecule has 8 heteroatoms. The maximum absolute atomic E-state index is 11.8. The molecule has 2 aromatic rings. The van der Waals surface area contributed by atoms with Crippen LogP contribution in [0.25, 0.3) is 10.2 Å². The van der Waals surface area contributed by atoms with Crippen LogP contribution in [-0.4, -0.2) is 27.6 Å². The number of benzene rings is 1. The summed E-state index contributed by atoms with van der Waals surface area (Å²) >= 11 is 11.0. The maximum atomic E-state index is 11.8. The second kappa shape index (κ2) is 7.35. The lowest BCUT2D eigenvalue weighted by atomic mass is 10.3. The van der Waals surface area contributed by atoms with Gasteiger partial charge in [-0.3, -0.25) is 4.79 Å². The third-order valence-electron chi connectivity index (χ3n) is 2.18. The number of thiazole rings is 1. The number of ether oxygens (including phenoxy) is 1. The zero-order valence-corrected chi connectivity index (χ0v) is 14.5. The summed E-state index contributed by atoms with van der Waals surface area (Å²) in [6.07, 6.45) is 0. The van der Waals surface area contributed by atoms with Crippen LogP contribution in [0, 0.1) is 0 Å². The number of carbonyl (C=O) groups is 1. The Morgan fingerprint density at radius 1 is 1.60 bits per heavy atom. The van der Waals surface area contributed by atoms with Gasteiger partial charge in [-0.2, -0.15) is 0 Å². The molecule has 4 nitrogen and oxygen atoms in total. The minimum Gasteiger partial charge on any atom is -0.479 e. The Balaban J connectivity index is 1.94. The van der Waals surface area contributed by atoms with E-state index < -0.39 is 0 Å². The monoisotopic (exact) mass is 390 g/mol. The van der Waals surface area contributed by atoms with E-state index in [-0.39, 0.29) is 11.7 Å². The van der Waals surface area contributed by atoms with Gasteiger partial charge in [0.25, 0.3) is 0 Å². The van der Waals surface area contributed by atoms with Gasteiger partial charge in [0.05, 0.1) is 22.6 Å². The zero-order chi connectivity index (χ0) is 14.5. The molecule has 2 rings (SSSR count). The number of fused-ring (bicyclic) bond motifs is 1. The number of nitrogens with zero attached hydrogens (tertiary/aromatic N) is 1. The molecule has 0 aliphatic heterocycles. The molecule has 0 saturated heterocycles. The summed E-state index contributed by atoms with van der Waals surface area (Å²) in [6.45, 7) is 2.37. The van der Waals surface area contributed by atoms with Gasteiger partial charge in [-0.1, -0.05) is 39.0 Å². The number of carbonyl (C=O) groups excluding carboxylic acids is 1. The smallest absolute Gasteiger partial charge is 0.236 e. The van der Waals surface area contributed by atoms with Crippen LogP contribution in [0.3, 0.4) is 0 Å². The van der Waals surface area contributed by atoms with Crippen LogP contribution in [0.5, 0.6) is 0 Å². The number of nitrogens with one attached hydrogen (secondary N) is 1. The van der Waals surface area contributed by atoms with Crippen molar-refractivity contribution >= 4 is 76.9 Å². The molecule has 0 atom stereocenters. The highest BCUT2D eigenvalue weighted by atomic mass is 79.9. The Morgan fingerprint density at radius 2 is 2.40 bits per heavy atom. The summed E-state index contributed by atoms with van der Waals surface area (Å²) in [4.78, 5) is 16.1. The summed E-state index contributed by atoms with van der Waals surface area (Å²) in [6, 6.07) is 5.80. The van der Waals surface area contributed by atoms with E-state index in [1.807, 2.05) is 25.1 Å². The molecule has 1 amide bonds. The highest BCUT2D eigenvalue weighted by Crippen LogP contribution is 2.28. The number of thioether (sulfide) groups is 1. The highest BCUT2D eigenvalue weighted by Gasteiger charge is 2.09. The number of hydrogen-bond donors (Lipinski definition) is 1. The highest BCUT2D eigenvalue weighted by molar-refractivity contribution is 9.10. The van der Waals surface area contributed by atoms with Crippen LogP contribution in [-0.2, 0) is 9.53 Å². The summed E-state index contributed by atoms with van der Waals surface area (Å²) < 4.78 is 7.50. The number of thiocarbonyl (C=S) groups is 1. The van der Waals surface area contributed by atoms with Crippen molar-refractivity contribution in [3.05, 3.63) is 22.7 Å². The average Bonchev–Trinajstić information content (AvgIpc) is 2.78. The maximum Gasteiger partial charge on any atom is 0.236 e. The van der Waals surface area contributed by atoms with Crippen molar-refractivity contribution in [3.63, 3.8) is 0 Å². The number of rotatable bonds is 4. The molecule has 20 heavy (non-hydrogen) atoms. The lowest BCUT2D eigenvalue weighted by Gasteiger charge is -2.03. The SMILES string of the molecule is CCOC(=S)SCC(=O)Nc1nc2ccc(Br)cc2s1. The molecule has 0 fully saturated rings. The molecule has 0 aliphatic carbocycles. The van der Waals surface area contributed by atoms with Crippen LogP contribution in [0.1, 0.15) is 6.92 Å². The summed E-state index contributed by atoms with van der Waals surface area (Å²) in [7, 11) is 0. The minimum absolute atomic E-state index is 0.143. The number of halogens is 1. The van der Waals surface area contributed by atoms with Crippen LogP contribution in [0.15, 0.2) is 22.7 Å². The molecular weight excluding hydrogens is 380 g/mol. The van der Waals surface area contributed by atoms with Crippen molar-refractivity contribution in [3.8, 4) is 0 Å². The van der Waals surface area contributed by atoms with Crippen molar-refractivity contribution in [2.75, 3.05) is 17.7 Å². The first-order chi connectivity index (χ1) is 9.58. The molecule has 0 radical (unpaired) electrons. The van der Waals surface area contributed by atoms with E-state index in [4.69, 9.17) is 17.0 Å². The molecular formula is C12H11BrN2O2S3. The van der Waals surface area contributed by atoms with Crippen LogP contribution < -0.4 is 5.32 Å². The summed E-state index contributed by atoms with van der Waals surface area (Å²) in [5, 5.41) is 3.35. The Morgan fingerprint density at radius 3 is 3.15 bits per heavy atom. The van der Waals surface area contributed by atoms with Crippen molar-refractivity contribution in [2.45, 2.75) is 6.92 Å². The molecule has 0 bridgehead atoms. The zero-order valence-electron chi connectivity index (χ0n) is 10.5. The number of hydrogen-bond acceptors (Lipinski definition) is 6. The number of amides is 1. The van der Waals surface area contributed by atoms with Gasteiger partial charge in [0.1, 0.15) is 0 Å². The summed E-state index contributed by atoms with van der Waals surface area (Å²) in [5.41, 5.74) is 0.867. The van der Waals surface area contributed by atoms with E-state index in [2.05, 4.69) is 26.2 Å². The van der Waals surface area contributed by atoms with Crippen LogP contribution >= 0.6 is 51.2 Å². The van der Waals surface area contributed by atoms with E-state index in [1.54, 1.807) is 0 Å². The first-order valence-corrected chi connectivity index (χ1v) is 8.74. The van der Waals surface area contributed by atoms with E-state index in [9.17, 15) is 4.79 Å². The molecule has 0 unspecified atom stereocenters. The van der Waals surface area contributed by atoms with Crippen molar-refractivity contribution < 1.29 is 9.53 Å². The molecule has 0 saturated carbocycles. The van der Waals surface area contributed by atoms with Gasteiger partial charge in [0.15, 0.2) is 5.13 Å². The van der Waals surface area contributed by atoms with Crippen molar-refractivity contribution in [1.82, 2.24) is 4.98 Å². The second-order valence-electron chi connectivity index (χ2n) is 3.65. The Bertz CT molecular complexity index is 645. The van der Waals surface area contributed by atoms with E-state index >= 15 is 0 Å². The molecule has 0 aliphatic rings. The molecule has 1 aromatic heterocycles. The van der Waals surface area contributed by atoms with E-state index in [1.165, 1.54) is 23.1 Å². The third kappa shape index (κ3) is 4.41. The molecule has 106 valence electrons. The molecule has 1 heterocycles. The topological polar surface area (TPSA) is 51.2 Å². The van der Waals surface area contributed by atoms with Crippen LogP contribution in [0.4, 0.5) is 5.13 Å². The number of anilines is 1. The van der Waals surface area contributed by atoms with E-state index in [0.29, 0.717) is 16.1 Å². The standard InChI is InChI=1S/C12H11BrN2O2S3/c1-2-17-12(18)19-6-10(16)15-11-14-8-4-3-7(13)5-9(8)20-11/h3-5H,2,6H2,1H3,(H,14,15,16). The third-order valence-corrected chi connectivity index (χ3v) is 4.84. The van der Waals surface area contributed by atoms with Crippen LogP contribution in [0.2, 0.25) is 0 Å². The van der Waals surface area contributed by atoms with Crippen molar-refractivity contribution in [1.29, 1.82) is 0 Å². The largest absolute Gasteiger partial charge is 0.479 e. The lowest BCUT2D eigenvalue weighted by Crippen LogP contribution is -2.15. The van der Waals surface area contributed by atoms with Gasteiger partial charge in [-0.25, -0.2) is 4.98 Å². The fraction of sp³-hybridized carbons (Fsp3) is 0.250. The normalized spacial score (nSPS) is 10.5. The van der Waals surface area contributed by atoms with Gasteiger partial charge >= 0.3 is 0 Å². The first-order valence-electron chi connectivity index (χ1n) is 5.74. The van der Waals surface area contributed by atoms with Gasteiger partial charge in [-0.05, 0) is 37.3 Å². The second-order valence-corrected chi connectivity index (χ2v) is 7.17. The fourth-order valence-electron chi connectivity index (χ4n) is 1.39. The molecule has 1 N–H and O–H groups in total. The van der Waals surface area contributed by atoms with Gasteiger partial charge < -0.3 is 10.1 Å².